The number of rotatable bonds is 46. The predicted molar refractivity (Wildman–Crippen MR) is 444 cm³/mol. The molecule has 4 saturated carbocycles. The van der Waals surface area contributed by atoms with Gasteiger partial charge >= 0.3 is 23.3 Å². The zero-order chi connectivity index (χ0) is 95.1. The van der Waals surface area contributed by atoms with Gasteiger partial charge in [0.05, 0.1) is 128 Å². The van der Waals surface area contributed by atoms with Gasteiger partial charge in [0.1, 0.15) is 133 Å². The summed E-state index contributed by atoms with van der Waals surface area (Å²) in [5.74, 6) is -6.32. The Balaban J connectivity index is 0.594. The molecule has 4 aromatic rings. The van der Waals surface area contributed by atoms with E-state index in [1.54, 1.807) is 0 Å². The third kappa shape index (κ3) is 28.8. The van der Waals surface area contributed by atoms with Gasteiger partial charge in [-0.3, -0.25) is 38.7 Å². The highest BCUT2D eigenvalue weighted by Gasteiger charge is 2.56. The van der Waals surface area contributed by atoms with Crippen LogP contribution < -0.4 is 43.8 Å². The number of carbonyl (C=O) groups excluding carboxylic acids is 4. The van der Waals surface area contributed by atoms with Crippen LogP contribution in [0.4, 0.5) is 0 Å². The van der Waals surface area contributed by atoms with Crippen LogP contribution in [0.5, 0.6) is 0 Å². The molecule has 10 unspecified atom stereocenters. The Bertz CT molecular complexity index is 4270. The van der Waals surface area contributed by atoms with E-state index in [0.717, 1.165) is 76.3 Å². The van der Waals surface area contributed by atoms with Gasteiger partial charge in [-0.15, -0.1) is 10.2 Å². The van der Waals surface area contributed by atoms with Crippen molar-refractivity contribution in [2.45, 2.75) is 327 Å². The van der Waals surface area contributed by atoms with Crippen molar-refractivity contribution in [1.82, 2.24) is 71.2 Å². The van der Waals surface area contributed by atoms with Crippen molar-refractivity contribution in [2.24, 2.45) is 11.8 Å². The van der Waals surface area contributed by atoms with Crippen molar-refractivity contribution in [3.8, 4) is 0 Å². The fourth-order valence-electron chi connectivity index (χ4n) is 17.9. The van der Waals surface area contributed by atoms with Gasteiger partial charge in [0.15, 0.2) is 37.4 Å². The summed E-state index contributed by atoms with van der Waals surface area (Å²) in [6, 6.07) is -3.67. The lowest BCUT2D eigenvalue weighted by Crippen LogP contribution is -2.68. The normalized spacial score (nSPS) is 32.4. The van der Waals surface area contributed by atoms with E-state index in [-0.39, 0.29) is 129 Å². The average Bonchev–Trinajstić information content (AvgIpc) is 1.15. The van der Waals surface area contributed by atoms with E-state index in [0.29, 0.717) is 11.4 Å². The molecule has 4 aliphatic carbocycles. The molecule has 8 fully saturated rings. The Morgan fingerprint density at radius 3 is 1.15 bits per heavy atom. The van der Waals surface area contributed by atoms with E-state index in [1.165, 1.54) is 35.6 Å². The van der Waals surface area contributed by atoms with Crippen molar-refractivity contribution in [3.05, 3.63) is 89.0 Å². The maximum absolute atomic E-state index is 14.3. The standard InChI is InChI=1S/C82H124N14O37/c1-39-61(103)65(107)67(109)79(124-39)132-69-45(83-73(111)47-29-55(99)89-81(117)85-47)15-9-17-49(69)128-77-59(71(63(105)53(35-97)130-77)126-51(75(113)114)27-41-11-5-3-6-12-41)87-57(101)33-95-31-43(91-93-95)37-122-25-23-120-21-19-119-20-22-121-24-26-123-38-44-32-96(94-92-44)34-58(102)88-60-72(127-52(76(115)116)28-42-13-7-4-8-14-42)64(106)54(36-98)131-78(60)129-50-18-10-16-46(84-74(112)48-30-56(100)90-82(118)86-48)70(50)133-80-68(110)66(108)62(104)40(2)125-80/h29-32,39-42,45-46,49-54,59-72,77-80,97-98,103-110H,3-28,33-38H2,1-2H3,(H,83,111)(H,84,112)(H,87,101)(H,88,102)(H,113,114)(H,115,116)(H2,85,89,99,117)(H2,86,90,100,118)/t39?,40?,45?,46?,49-,50-,51+,52+,53+,54+,59?,60?,61-,62-,63+,64+,65+,66+,67?,68?,69-,70-,71?,72?,77-,78-,79+,80+/m1/s1. The number of carbonyl (C=O) groups is 6. The van der Waals surface area contributed by atoms with Crippen LogP contribution in [-0.4, -0.2) is 384 Å². The second kappa shape index (κ2) is 50.0. The van der Waals surface area contributed by atoms with Gasteiger partial charge in [0.2, 0.25) is 11.8 Å². The topological polar surface area (TPSA) is 725 Å². The number of aliphatic carboxylic acids is 2. The first-order chi connectivity index (χ1) is 63.9. The van der Waals surface area contributed by atoms with Crippen LogP contribution in [0.25, 0.3) is 0 Å². The van der Waals surface area contributed by atoms with E-state index in [2.05, 4.69) is 51.9 Å². The summed E-state index contributed by atoms with van der Waals surface area (Å²) in [5.41, 5.74) is -4.00. The molecule has 4 amide bonds. The number of amides is 4. The Morgan fingerprint density at radius 2 is 0.797 bits per heavy atom. The highest BCUT2D eigenvalue weighted by Crippen LogP contribution is 2.39. The molecule has 12 rings (SSSR count). The number of H-pyrrole nitrogens is 4. The summed E-state index contributed by atoms with van der Waals surface area (Å²) in [5, 5.41) is 159. The Labute approximate surface area is 759 Å². The van der Waals surface area contributed by atoms with E-state index >= 15 is 0 Å². The molecule has 28 atom stereocenters. The third-order valence-electron chi connectivity index (χ3n) is 24.9. The highest BCUT2D eigenvalue weighted by atomic mass is 16.8. The van der Waals surface area contributed by atoms with Gasteiger partial charge in [-0.1, -0.05) is 74.6 Å². The number of nitrogens with one attached hydrogen (secondary N) is 8. The minimum absolute atomic E-state index is 0.0404. The van der Waals surface area contributed by atoms with Gasteiger partial charge in [-0.05, 0) is 77.0 Å². The molecule has 20 N–H and O–H groups in total. The molecule has 51 heteroatoms. The van der Waals surface area contributed by atoms with Crippen molar-refractivity contribution >= 4 is 35.6 Å². The van der Waals surface area contributed by atoms with Crippen LogP contribution in [0.1, 0.15) is 162 Å². The Hall–Kier alpha value is -8.54. The molecule has 0 aromatic carbocycles. The molecule has 0 radical (unpaired) electrons. The van der Waals surface area contributed by atoms with Crippen molar-refractivity contribution in [1.29, 1.82) is 0 Å². The number of aromatic nitrogens is 10. The second-order valence-corrected chi connectivity index (χ2v) is 34.6. The van der Waals surface area contributed by atoms with E-state index in [9.17, 15) is 109 Å². The summed E-state index contributed by atoms with van der Waals surface area (Å²) in [6.07, 6.45) is -25.4. The lowest BCUT2D eigenvalue weighted by molar-refractivity contribution is -0.334. The molecule has 51 nitrogen and oxygen atoms in total. The molecule has 744 valence electrons. The average molecular weight is 1900 g/mol. The first kappa shape index (κ1) is 103. The molecular formula is C82H124N14O37. The number of hydrogen-bond acceptors (Lipinski definition) is 39. The molecular weight excluding hydrogens is 1770 g/mol. The lowest BCUT2D eigenvalue weighted by atomic mass is 9.85. The van der Waals surface area contributed by atoms with Crippen LogP contribution in [-0.2, 0) is 117 Å². The van der Waals surface area contributed by atoms with E-state index in [1.807, 2.05) is 9.97 Å². The van der Waals surface area contributed by atoms with Crippen molar-refractivity contribution in [3.63, 3.8) is 0 Å². The molecule has 4 aromatic heterocycles. The second-order valence-electron chi connectivity index (χ2n) is 34.6. The Morgan fingerprint density at radius 1 is 0.429 bits per heavy atom. The third-order valence-corrected chi connectivity index (χ3v) is 24.9. The molecule has 0 bridgehead atoms. The van der Waals surface area contributed by atoms with Crippen molar-refractivity contribution in [2.75, 3.05) is 66.1 Å². The number of aromatic amines is 4. The Kier molecular flexibility index (Phi) is 38.9. The van der Waals surface area contributed by atoms with Gasteiger partial charge < -0.3 is 164 Å². The van der Waals surface area contributed by atoms with E-state index < -0.39 is 267 Å². The summed E-state index contributed by atoms with van der Waals surface area (Å²) >= 11 is 0. The fourth-order valence-corrected chi connectivity index (χ4v) is 17.9. The summed E-state index contributed by atoms with van der Waals surface area (Å²) in [7, 11) is 0. The van der Waals surface area contributed by atoms with Gasteiger partial charge in [-0.2, -0.15) is 0 Å². The highest BCUT2D eigenvalue weighted by molar-refractivity contribution is 5.93. The summed E-state index contributed by atoms with van der Waals surface area (Å²) < 4.78 is 93.5. The van der Waals surface area contributed by atoms with E-state index in [4.69, 9.17) is 71.1 Å². The quantitative estimate of drug-likeness (QED) is 0.0183. The van der Waals surface area contributed by atoms with Crippen molar-refractivity contribution < 1.29 is 161 Å². The molecule has 8 heterocycles. The van der Waals surface area contributed by atoms with Gasteiger partial charge in [0.25, 0.3) is 22.9 Å². The maximum atomic E-state index is 14.3. The molecule has 8 aliphatic rings. The molecule has 4 aliphatic heterocycles. The van der Waals surface area contributed by atoms with Gasteiger partial charge in [0, 0.05) is 12.1 Å². The zero-order valence-corrected chi connectivity index (χ0v) is 73.5. The number of aliphatic hydroxyl groups excluding tert-OH is 10. The minimum Gasteiger partial charge on any atom is -0.479 e. The number of nitrogens with zero attached hydrogens (tertiary/aromatic N) is 6. The van der Waals surface area contributed by atoms with Crippen LogP contribution in [0.3, 0.4) is 0 Å². The van der Waals surface area contributed by atoms with Crippen LogP contribution in [0.2, 0.25) is 0 Å². The first-order valence-corrected chi connectivity index (χ1v) is 45.1. The SMILES string of the molecule is CC1O[C@@H](O[C@@H]2C(NC(=O)c3cc(=O)[nH]c(=O)[nH]3)CCC[C@H]2O[C@@H]2O[C@@H](CO)[C@H](O)C(O[C@@H](CC3CCCCC3)C(=O)O)C2NC(=O)Cn2cc(COCCOCCOCCOCCOCc3cn(CC(=O)NC4C(O[C@@H](CC5CCCCC5)C(=O)O)[C@@H](O)[C@H](CO)O[C@H]4O[C@@H]4CCCC(NC(=O)c5cc(=O)[nH]c(=O)[nH]5)[C@H]4O[C@@H]4OC(C)[C@@H](O)[C@H](O)C4O)nn3)nn2)C(O)[C@@H](O)[C@@H]1O. The molecule has 0 spiro atoms. The van der Waals surface area contributed by atoms with Crippen LogP contribution in [0.15, 0.2) is 43.7 Å². The number of carboxylic acids is 2. The van der Waals surface area contributed by atoms with Crippen LogP contribution >= 0.6 is 0 Å². The van der Waals surface area contributed by atoms with Crippen LogP contribution in [0, 0.1) is 11.8 Å². The smallest absolute Gasteiger partial charge is 0.332 e. The molecule has 133 heavy (non-hydrogen) atoms. The summed E-state index contributed by atoms with van der Waals surface area (Å²) in [4.78, 5) is 140. The predicted octanol–water partition coefficient (Wildman–Crippen LogP) is -6.69. The van der Waals surface area contributed by atoms with Gasteiger partial charge in [-0.25, -0.2) is 28.5 Å². The largest absolute Gasteiger partial charge is 0.479 e. The monoisotopic (exact) mass is 1900 g/mol. The number of hydrogen-bond donors (Lipinski definition) is 20. The summed E-state index contributed by atoms with van der Waals surface area (Å²) in [6.45, 7) is 1.17. The fraction of sp³-hybridized carbons (Fsp3) is 0.780. The minimum atomic E-state index is -1.87. The lowest BCUT2D eigenvalue weighted by Gasteiger charge is -2.48. The molecule has 4 saturated heterocycles. The number of carboxylic acid groups (broad SMARTS) is 2. The number of ether oxygens (including phenoxy) is 15. The maximum Gasteiger partial charge on any atom is 0.332 e. The first-order valence-electron chi connectivity index (χ1n) is 45.1. The zero-order valence-electron chi connectivity index (χ0n) is 73.5. The number of aliphatic hydroxyl groups is 10.